The average Bonchev–Trinajstić information content (AvgIpc) is 3.07. The summed E-state index contributed by atoms with van der Waals surface area (Å²) in [7, 11) is 1.37. The number of rotatable bonds is 14. The molecule has 4 atom stereocenters. The van der Waals surface area contributed by atoms with Crippen LogP contribution in [0.25, 0.3) is 0 Å². The van der Waals surface area contributed by atoms with Crippen molar-refractivity contribution in [1.82, 2.24) is 0 Å². The van der Waals surface area contributed by atoms with Crippen LogP contribution in [-0.2, 0) is 19.9 Å². The lowest BCUT2D eigenvalue weighted by atomic mass is 9.90. The van der Waals surface area contributed by atoms with E-state index in [1.54, 1.807) is 12.1 Å². The van der Waals surface area contributed by atoms with Gasteiger partial charge in [0.1, 0.15) is 11.6 Å². The molecule has 2 rings (SSSR count). The van der Waals surface area contributed by atoms with Gasteiger partial charge in [0, 0.05) is 29.8 Å². The van der Waals surface area contributed by atoms with Crippen molar-refractivity contribution >= 4 is 23.5 Å². The monoisotopic (exact) mass is 480 g/mol. The lowest BCUT2D eigenvalue weighted by Gasteiger charge is -2.31. The largest absolute Gasteiger partial charge is 0.469 e. The molecule has 1 aromatic rings. The van der Waals surface area contributed by atoms with Gasteiger partial charge >= 0.3 is 5.97 Å². The van der Waals surface area contributed by atoms with Crippen LogP contribution in [0.5, 0.6) is 0 Å². The Morgan fingerprint density at radius 1 is 1.24 bits per heavy atom. The van der Waals surface area contributed by atoms with E-state index in [0.717, 1.165) is 25.7 Å². The number of Topliss-reactive ketones (excluding diaryl/α,β-unsaturated/α-hetero) is 1. The Morgan fingerprint density at radius 3 is 2.64 bits per heavy atom. The third-order valence-electron chi connectivity index (χ3n) is 6.23. The number of carbonyl (C=O) groups excluding carboxylic acids is 2. The zero-order valence-electron chi connectivity index (χ0n) is 19.7. The quantitative estimate of drug-likeness (QED) is 0.223. The number of unbranched alkanes of at least 4 members (excludes halogenated alkanes) is 3. The van der Waals surface area contributed by atoms with Crippen molar-refractivity contribution in [3.63, 3.8) is 0 Å². The van der Waals surface area contributed by atoms with E-state index in [1.807, 2.05) is 12.2 Å². The van der Waals surface area contributed by atoms with Crippen molar-refractivity contribution in [1.29, 1.82) is 0 Å². The highest BCUT2D eigenvalue weighted by Crippen LogP contribution is 2.40. The fourth-order valence-corrected chi connectivity index (χ4v) is 5.80. The molecular weight excluding hydrogens is 443 g/mol. The minimum atomic E-state index is -1.15. The summed E-state index contributed by atoms with van der Waals surface area (Å²) < 4.78 is 18.0. The van der Waals surface area contributed by atoms with Crippen molar-refractivity contribution in [2.45, 2.75) is 81.7 Å². The third-order valence-corrected chi connectivity index (χ3v) is 7.90. The number of allylic oxidation sites excluding steroid dienone is 2. The molecule has 2 N–H and O–H groups in total. The Balaban J connectivity index is 2.00. The number of aliphatic hydroxyl groups excluding tert-OH is 1. The summed E-state index contributed by atoms with van der Waals surface area (Å²) in [6.07, 6.45) is 8.98. The number of hydrogen-bond acceptors (Lipinski definition) is 6. The molecule has 7 heteroatoms. The number of hydrogen-bond donors (Lipinski definition) is 2. The van der Waals surface area contributed by atoms with Crippen LogP contribution in [0.3, 0.4) is 0 Å². The minimum Gasteiger partial charge on any atom is -0.469 e. The Kier molecular flexibility index (Phi) is 11.6. The van der Waals surface area contributed by atoms with Gasteiger partial charge in [0.25, 0.3) is 0 Å². The first-order valence-electron chi connectivity index (χ1n) is 11.8. The molecule has 0 saturated heterocycles. The number of ketones is 1. The van der Waals surface area contributed by atoms with Crippen LogP contribution in [0.2, 0.25) is 0 Å². The van der Waals surface area contributed by atoms with Crippen molar-refractivity contribution in [3.05, 3.63) is 47.8 Å². The Hall–Kier alpha value is -1.70. The smallest absolute Gasteiger partial charge is 0.305 e. The summed E-state index contributed by atoms with van der Waals surface area (Å²) in [5.74, 6) is -0.527. The Labute approximate surface area is 200 Å². The molecule has 1 aliphatic carbocycles. The summed E-state index contributed by atoms with van der Waals surface area (Å²) in [5, 5.41) is 21.7. The predicted molar refractivity (Wildman–Crippen MR) is 129 cm³/mol. The zero-order chi connectivity index (χ0) is 24.3. The summed E-state index contributed by atoms with van der Waals surface area (Å²) in [5.41, 5.74) is -0.485. The van der Waals surface area contributed by atoms with Crippen LogP contribution >= 0.6 is 11.8 Å². The molecule has 5 nitrogen and oxygen atoms in total. The molecule has 33 heavy (non-hydrogen) atoms. The van der Waals surface area contributed by atoms with Crippen molar-refractivity contribution in [2.24, 2.45) is 5.92 Å². The Bertz CT molecular complexity index is 781. The van der Waals surface area contributed by atoms with Gasteiger partial charge in [-0.15, -0.1) is 0 Å². The van der Waals surface area contributed by atoms with Crippen LogP contribution < -0.4 is 0 Å². The predicted octanol–water partition coefficient (Wildman–Crippen LogP) is 4.93. The van der Waals surface area contributed by atoms with Gasteiger partial charge in [-0.2, -0.15) is 11.8 Å². The van der Waals surface area contributed by atoms with Gasteiger partial charge in [-0.1, -0.05) is 50.5 Å². The second kappa shape index (κ2) is 13.9. The van der Waals surface area contributed by atoms with Crippen LogP contribution in [0.15, 0.2) is 36.4 Å². The van der Waals surface area contributed by atoms with Crippen molar-refractivity contribution < 1.29 is 28.9 Å². The van der Waals surface area contributed by atoms with Gasteiger partial charge in [0.2, 0.25) is 0 Å². The maximum Gasteiger partial charge on any atom is 0.305 e. The number of carbonyl (C=O) groups is 2. The van der Waals surface area contributed by atoms with E-state index in [0.29, 0.717) is 37.0 Å². The van der Waals surface area contributed by atoms with Crippen LogP contribution in [0.4, 0.5) is 4.39 Å². The van der Waals surface area contributed by atoms with Gasteiger partial charge in [-0.25, -0.2) is 4.39 Å². The molecule has 1 aromatic carbocycles. The van der Waals surface area contributed by atoms with E-state index in [2.05, 4.69) is 11.7 Å². The van der Waals surface area contributed by atoms with Gasteiger partial charge in [0.05, 0.1) is 18.8 Å². The standard InChI is InChI=1S/C26H37FO5S/c1-3-4-9-16-26(31,19-12-14-20(27)15-13-19)18-33-25-21(22(28)17-23(25)29)10-7-5-6-8-11-24(30)32-2/h5,7,12-15,21,23,25,29,31H,3-4,6,8-11,16-18H2,1-2H3/t21-,23?,25+,26?/m0/s1. The number of esters is 1. The highest BCUT2D eigenvalue weighted by Gasteiger charge is 2.42. The van der Waals surface area contributed by atoms with Crippen molar-refractivity contribution in [2.75, 3.05) is 12.9 Å². The summed E-state index contributed by atoms with van der Waals surface area (Å²) >= 11 is 1.43. The highest BCUT2D eigenvalue weighted by molar-refractivity contribution is 8.00. The molecule has 0 heterocycles. The molecule has 0 amide bonds. The molecule has 2 unspecified atom stereocenters. The molecule has 0 bridgehead atoms. The summed E-state index contributed by atoms with van der Waals surface area (Å²) in [6, 6.07) is 5.94. The van der Waals surface area contributed by atoms with E-state index in [1.165, 1.54) is 31.0 Å². The zero-order valence-corrected chi connectivity index (χ0v) is 20.5. The molecule has 1 aliphatic rings. The second-order valence-corrected chi connectivity index (χ2v) is 9.96. The number of aliphatic hydroxyl groups is 2. The third kappa shape index (κ3) is 8.54. The summed E-state index contributed by atoms with van der Waals surface area (Å²) in [4.78, 5) is 23.7. The number of halogens is 1. The minimum absolute atomic E-state index is 0.0375. The van der Waals surface area contributed by atoms with E-state index in [-0.39, 0.29) is 35.2 Å². The fourth-order valence-electron chi connectivity index (χ4n) is 4.21. The van der Waals surface area contributed by atoms with Crippen LogP contribution in [0.1, 0.15) is 70.3 Å². The van der Waals surface area contributed by atoms with E-state index in [9.17, 15) is 24.2 Å². The van der Waals surface area contributed by atoms with E-state index >= 15 is 0 Å². The Morgan fingerprint density at radius 2 is 1.97 bits per heavy atom. The van der Waals surface area contributed by atoms with Gasteiger partial charge < -0.3 is 14.9 Å². The van der Waals surface area contributed by atoms with Crippen LogP contribution in [0, 0.1) is 11.7 Å². The molecule has 184 valence electrons. The lowest BCUT2D eigenvalue weighted by Crippen LogP contribution is -2.32. The SMILES string of the molecule is CCCCCC(O)(CS[C@H]1C(O)CC(=O)[C@@H]1CC=CCCCC(=O)OC)c1ccc(F)cc1. The normalized spacial score (nSPS) is 22.6. The molecule has 0 aliphatic heterocycles. The molecule has 0 radical (unpaired) electrons. The molecule has 0 aromatic heterocycles. The van der Waals surface area contributed by atoms with E-state index < -0.39 is 11.7 Å². The topological polar surface area (TPSA) is 83.8 Å². The highest BCUT2D eigenvalue weighted by atomic mass is 32.2. The van der Waals surface area contributed by atoms with Gasteiger partial charge in [-0.05, 0) is 43.4 Å². The average molecular weight is 481 g/mol. The maximum absolute atomic E-state index is 13.4. The number of ether oxygens (including phenoxy) is 1. The summed E-state index contributed by atoms with van der Waals surface area (Å²) in [6.45, 7) is 2.10. The molecule has 1 saturated carbocycles. The van der Waals surface area contributed by atoms with Crippen molar-refractivity contribution in [3.8, 4) is 0 Å². The maximum atomic E-state index is 13.4. The second-order valence-electron chi connectivity index (χ2n) is 8.79. The first-order valence-corrected chi connectivity index (χ1v) is 12.9. The molecule has 0 spiro atoms. The first-order chi connectivity index (χ1) is 15.8. The molecule has 1 fully saturated rings. The van der Waals surface area contributed by atoms with Gasteiger partial charge in [-0.3, -0.25) is 9.59 Å². The number of thioether (sulfide) groups is 1. The molecular formula is C26H37FO5S. The number of benzene rings is 1. The number of methoxy groups -OCH3 is 1. The van der Waals surface area contributed by atoms with Gasteiger partial charge in [0.15, 0.2) is 0 Å². The first kappa shape index (κ1) is 27.5. The van der Waals surface area contributed by atoms with Crippen LogP contribution in [-0.4, -0.2) is 46.2 Å². The lowest BCUT2D eigenvalue weighted by molar-refractivity contribution is -0.140. The fraction of sp³-hybridized carbons (Fsp3) is 0.615. The van der Waals surface area contributed by atoms with E-state index in [4.69, 9.17) is 0 Å².